The predicted molar refractivity (Wildman–Crippen MR) is 443 cm³/mol. The van der Waals surface area contributed by atoms with Gasteiger partial charge in [-0.25, -0.2) is 0 Å². The van der Waals surface area contributed by atoms with Gasteiger partial charge in [0.25, 0.3) is 0 Å². The molecule has 0 saturated carbocycles. The second-order valence-corrected chi connectivity index (χ2v) is 27.5. The van der Waals surface area contributed by atoms with Gasteiger partial charge in [0.15, 0.2) is 0 Å². The van der Waals surface area contributed by atoms with E-state index in [0.717, 1.165) is 93.6 Å². The molecule has 488 valence electrons. The zero-order valence-electron chi connectivity index (χ0n) is 57.0. The van der Waals surface area contributed by atoms with Crippen LogP contribution in [0.5, 0.6) is 0 Å². The maximum absolute atomic E-state index is 6.95. The van der Waals surface area contributed by atoms with E-state index in [2.05, 4.69) is 364 Å². The molecule has 0 atom stereocenters. The van der Waals surface area contributed by atoms with Gasteiger partial charge in [-0.2, -0.15) is 0 Å². The zero-order valence-corrected chi connectivity index (χ0v) is 57.0. The van der Waals surface area contributed by atoms with Crippen LogP contribution in [0, 0.1) is 0 Å². The number of hydrogen-bond donors (Lipinski definition) is 0. The molecule has 0 spiro atoms. The van der Waals surface area contributed by atoms with Crippen LogP contribution in [-0.4, -0.2) is 0 Å². The minimum absolute atomic E-state index is 0.873. The second kappa shape index (κ2) is 24.5. The van der Waals surface area contributed by atoms with Crippen LogP contribution in [0.4, 0.5) is 0 Å². The summed E-state index contributed by atoms with van der Waals surface area (Å²) in [6.45, 7) is 0. The lowest BCUT2D eigenvalue weighted by atomic mass is 9.84. The summed E-state index contributed by atoms with van der Waals surface area (Å²) in [6, 6.07) is 135. The van der Waals surface area contributed by atoms with Gasteiger partial charge in [-0.05, 0) is 209 Å². The Balaban J connectivity index is 0.000000136. The molecule has 0 N–H and O–H groups in total. The second-order valence-electron chi connectivity index (χ2n) is 27.5. The average molecular weight is 1340 g/mol. The first-order valence-electron chi connectivity index (χ1n) is 36.0. The molecule has 0 amide bonds. The monoisotopic (exact) mass is 1330 g/mol. The maximum atomic E-state index is 6.95. The molecule has 0 aliphatic carbocycles. The van der Waals surface area contributed by atoms with Crippen molar-refractivity contribution in [2.45, 2.75) is 0 Å². The largest absolute Gasteiger partial charge is 0.456 e. The smallest absolute Gasteiger partial charge is 0.143 e. The molecule has 0 bridgehead atoms. The van der Waals surface area contributed by atoms with Crippen LogP contribution in [0.3, 0.4) is 0 Å². The van der Waals surface area contributed by atoms with E-state index >= 15 is 0 Å². The van der Waals surface area contributed by atoms with Crippen molar-refractivity contribution in [1.29, 1.82) is 0 Å². The molecule has 3 nitrogen and oxygen atoms in total. The summed E-state index contributed by atoms with van der Waals surface area (Å²) in [6.07, 6.45) is 0. The van der Waals surface area contributed by atoms with Crippen LogP contribution in [-0.2, 0) is 0 Å². The van der Waals surface area contributed by atoms with E-state index < -0.39 is 0 Å². The molecular formula is C102H62O3. The van der Waals surface area contributed by atoms with E-state index in [0.29, 0.717) is 0 Å². The van der Waals surface area contributed by atoms with Crippen LogP contribution >= 0.6 is 0 Å². The standard InChI is InChI=1S/C54H34O.C48H28O2/c1-3-15-35(16-4-1)40-32-41(36-17-5-2-6-18-36)34-42(33-40)43-29-30-49(53-48-25-13-14-26-50(48)55-54(43)53)52-46-23-11-9-21-44(46)51(45-22-10-12-24-47(45)52)39-28-27-37-19-7-8-20-38(37)31-39;1-2-13-30-28-31(25-24-29(30)12-1)44-32-14-3-5-16-34(32)45(35-17-6-4-15-33(35)44)40-27-26-37(48-47(40)39-19-8-10-22-42(39)50-48)36-20-11-23-43-46(36)38-18-7-9-21-41(38)49-43/h1-34H;1-28H. The third kappa shape index (κ3) is 9.81. The van der Waals surface area contributed by atoms with Crippen molar-refractivity contribution in [2.75, 3.05) is 0 Å². The van der Waals surface area contributed by atoms with E-state index in [1.54, 1.807) is 0 Å². The van der Waals surface area contributed by atoms with Gasteiger partial charge < -0.3 is 13.3 Å². The number of benzene rings is 19. The van der Waals surface area contributed by atoms with Crippen LogP contribution in [0.25, 0.3) is 219 Å². The zero-order chi connectivity index (χ0) is 69.1. The fourth-order valence-corrected chi connectivity index (χ4v) is 17.0. The van der Waals surface area contributed by atoms with Gasteiger partial charge >= 0.3 is 0 Å². The Kier molecular flexibility index (Phi) is 14.0. The van der Waals surface area contributed by atoms with Crippen molar-refractivity contribution >= 4 is 130 Å². The topological polar surface area (TPSA) is 39.4 Å². The van der Waals surface area contributed by atoms with Crippen molar-refractivity contribution < 1.29 is 13.3 Å². The highest BCUT2D eigenvalue weighted by Crippen LogP contribution is 2.53. The highest BCUT2D eigenvalue weighted by molar-refractivity contribution is 6.30. The van der Waals surface area contributed by atoms with Crippen LogP contribution in [0.15, 0.2) is 389 Å². The molecule has 0 saturated heterocycles. The van der Waals surface area contributed by atoms with Gasteiger partial charge in [-0.3, -0.25) is 0 Å². The Hall–Kier alpha value is -13.9. The summed E-state index contributed by atoms with van der Waals surface area (Å²) in [5.74, 6) is 0. The van der Waals surface area contributed by atoms with Gasteiger partial charge in [-0.15, -0.1) is 0 Å². The van der Waals surface area contributed by atoms with E-state index in [1.165, 1.54) is 126 Å². The Morgan fingerprint density at radius 1 is 0.143 bits per heavy atom. The number of rotatable bonds is 8. The summed E-state index contributed by atoms with van der Waals surface area (Å²) in [4.78, 5) is 0. The molecule has 0 unspecified atom stereocenters. The molecule has 3 heteroatoms. The molecule has 105 heavy (non-hydrogen) atoms. The first kappa shape index (κ1) is 60.0. The summed E-state index contributed by atoms with van der Waals surface area (Å²) in [5.41, 5.74) is 24.1. The third-order valence-corrected chi connectivity index (χ3v) is 21.7. The summed E-state index contributed by atoms with van der Waals surface area (Å²) in [5, 5.41) is 21.5. The number of furan rings is 3. The SMILES string of the molecule is c1ccc(-c2cc(-c3ccccc3)cc(-c3ccc(-c4c5ccccc5c(-c5ccc6ccccc6c5)c5ccccc45)c4c3oc3ccccc34)c2)cc1.c1ccc2cc(-c3c4ccccc4c(-c4ccc(-c5cccc6oc7ccccc7c56)c5oc6ccccc6c45)c4ccccc34)ccc2c1. The molecule has 0 aliphatic rings. The van der Waals surface area contributed by atoms with E-state index in [-0.39, 0.29) is 0 Å². The molecule has 3 heterocycles. The van der Waals surface area contributed by atoms with Crippen molar-refractivity contribution in [3.05, 3.63) is 376 Å². The van der Waals surface area contributed by atoms with Crippen molar-refractivity contribution in [3.8, 4) is 89.0 Å². The first-order valence-corrected chi connectivity index (χ1v) is 36.0. The highest BCUT2D eigenvalue weighted by atomic mass is 16.3. The van der Waals surface area contributed by atoms with Crippen LogP contribution in [0.2, 0.25) is 0 Å². The molecule has 0 radical (unpaired) electrons. The first-order chi connectivity index (χ1) is 52.1. The Morgan fingerprint density at radius 2 is 0.467 bits per heavy atom. The van der Waals surface area contributed by atoms with Crippen molar-refractivity contribution in [3.63, 3.8) is 0 Å². The predicted octanol–water partition coefficient (Wildman–Crippen LogP) is 29.3. The van der Waals surface area contributed by atoms with Gasteiger partial charge in [0.05, 0.1) is 0 Å². The Bertz CT molecular complexity index is 7100. The van der Waals surface area contributed by atoms with E-state index in [4.69, 9.17) is 13.3 Å². The third-order valence-electron chi connectivity index (χ3n) is 21.7. The van der Waals surface area contributed by atoms with Crippen molar-refractivity contribution in [2.24, 2.45) is 0 Å². The molecule has 0 fully saturated rings. The summed E-state index contributed by atoms with van der Waals surface area (Å²) < 4.78 is 20.1. The van der Waals surface area contributed by atoms with Gasteiger partial charge in [-0.1, -0.05) is 309 Å². The fourth-order valence-electron chi connectivity index (χ4n) is 17.0. The molecule has 0 aliphatic heterocycles. The lowest BCUT2D eigenvalue weighted by molar-refractivity contribution is 0.668. The highest BCUT2D eigenvalue weighted by Gasteiger charge is 2.27. The Morgan fingerprint density at radius 3 is 0.914 bits per heavy atom. The minimum Gasteiger partial charge on any atom is -0.456 e. The number of para-hydroxylation sites is 3. The lowest BCUT2D eigenvalue weighted by Crippen LogP contribution is -1.92. The van der Waals surface area contributed by atoms with Crippen LogP contribution in [0.1, 0.15) is 0 Å². The molecular weight excluding hydrogens is 1270 g/mol. The fraction of sp³-hybridized carbons (Fsp3) is 0. The quantitative estimate of drug-likeness (QED) is 0.142. The normalized spacial score (nSPS) is 11.8. The van der Waals surface area contributed by atoms with Crippen molar-refractivity contribution in [1.82, 2.24) is 0 Å². The van der Waals surface area contributed by atoms with E-state index in [1.807, 2.05) is 12.1 Å². The van der Waals surface area contributed by atoms with Crippen LogP contribution < -0.4 is 0 Å². The van der Waals surface area contributed by atoms with Gasteiger partial charge in [0.1, 0.15) is 33.5 Å². The maximum Gasteiger partial charge on any atom is 0.143 e. The van der Waals surface area contributed by atoms with E-state index in [9.17, 15) is 0 Å². The summed E-state index contributed by atoms with van der Waals surface area (Å²) in [7, 11) is 0. The van der Waals surface area contributed by atoms with Gasteiger partial charge in [0.2, 0.25) is 0 Å². The molecule has 22 aromatic rings. The Labute approximate surface area is 605 Å². The number of fused-ring (bicyclic) bond motifs is 15. The number of hydrogen-bond acceptors (Lipinski definition) is 3. The minimum atomic E-state index is 0.873. The average Bonchev–Trinajstić information content (AvgIpc) is 1.70. The molecule has 19 aromatic carbocycles. The molecule has 3 aromatic heterocycles. The molecule has 22 rings (SSSR count). The lowest BCUT2D eigenvalue weighted by Gasteiger charge is -2.19. The summed E-state index contributed by atoms with van der Waals surface area (Å²) >= 11 is 0. The van der Waals surface area contributed by atoms with Gasteiger partial charge in [0, 0.05) is 43.4 Å².